The number of carboxylic acid groups (broad SMARTS) is 2. The van der Waals surface area contributed by atoms with E-state index in [1.165, 1.54) is 24.3 Å². The van der Waals surface area contributed by atoms with Gasteiger partial charge in [0.25, 0.3) is 5.69 Å². The van der Waals surface area contributed by atoms with E-state index in [9.17, 15) is 19.7 Å². The van der Waals surface area contributed by atoms with Gasteiger partial charge in [-0.1, -0.05) is 0 Å². The number of aliphatic carboxylic acids is 1. The van der Waals surface area contributed by atoms with E-state index in [2.05, 4.69) is 0 Å². The highest BCUT2D eigenvalue weighted by Crippen LogP contribution is 2.24. The number of carboxylic acids is 1. The maximum absolute atomic E-state index is 11.0. The van der Waals surface area contributed by atoms with Crippen molar-refractivity contribution in [2.24, 2.45) is 0 Å². The van der Waals surface area contributed by atoms with Crippen LogP contribution < -0.4 is 4.74 Å². The second-order valence-corrected chi connectivity index (χ2v) is 4.52. The Morgan fingerprint density at radius 2 is 1.90 bits per heavy atom. The Morgan fingerprint density at radius 1 is 1.29 bits per heavy atom. The molecule has 1 fully saturated rings. The van der Waals surface area contributed by atoms with E-state index in [0.29, 0.717) is 5.75 Å². The fourth-order valence-electron chi connectivity index (χ4n) is 2.17. The average Bonchev–Trinajstić information content (AvgIpc) is 2.83. The molecule has 0 spiro atoms. The highest BCUT2D eigenvalue weighted by molar-refractivity contribution is 5.80. The zero-order valence-electron chi connectivity index (χ0n) is 10.7. The molecule has 1 aromatic rings. The van der Waals surface area contributed by atoms with Gasteiger partial charge in [-0.05, 0) is 12.1 Å². The maximum Gasteiger partial charge on any atom is 0.408 e. The monoisotopic (exact) mass is 296 g/mol. The zero-order valence-corrected chi connectivity index (χ0v) is 10.7. The molecule has 0 saturated carbocycles. The summed E-state index contributed by atoms with van der Waals surface area (Å²) >= 11 is 0. The summed E-state index contributed by atoms with van der Waals surface area (Å²) in [6.07, 6.45) is -1.90. The van der Waals surface area contributed by atoms with Gasteiger partial charge >= 0.3 is 12.1 Å². The van der Waals surface area contributed by atoms with E-state index < -0.39 is 29.1 Å². The second-order valence-electron chi connectivity index (χ2n) is 4.52. The van der Waals surface area contributed by atoms with Gasteiger partial charge in [0.1, 0.15) is 17.9 Å². The predicted molar refractivity (Wildman–Crippen MR) is 68.3 cm³/mol. The number of nitro groups is 1. The number of likely N-dealkylation sites (tertiary alicyclic amines) is 1. The molecule has 0 radical (unpaired) electrons. The van der Waals surface area contributed by atoms with Crippen molar-refractivity contribution in [1.29, 1.82) is 0 Å². The Bertz CT molecular complexity index is 549. The van der Waals surface area contributed by atoms with Crippen molar-refractivity contribution in [3.8, 4) is 5.75 Å². The third-order valence-electron chi connectivity index (χ3n) is 3.14. The third-order valence-corrected chi connectivity index (χ3v) is 3.14. The molecule has 1 aliphatic heterocycles. The fourth-order valence-corrected chi connectivity index (χ4v) is 2.17. The van der Waals surface area contributed by atoms with Gasteiger partial charge in [-0.3, -0.25) is 15.0 Å². The lowest BCUT2D eigenvalue weighted by atomic mass is 10.2. The number of rotatable bonds is 4. The van der Waals surface area contributed by atoms with Crippen LogP contribution in [0.3, 0.4) is 0 Å². The van der Waals surface area contributed by atoms with Crippen molar-refractivity contribution < 1.29 is 29.5 Å². The van der Waals surface area contributed by atoms with Gasteiger partial charge in [-0.2, -0.15) is 0 Å². The molecule has 1 saturated heterocycles. The lowest BCUT2D eigenvalue weighted by Gasteiger charge is -2.16. The van der Waals surface area contributed by atoms with Crippen LogP contribution in [0.1, 0.15) is 6.42 Å². The van der Waals surface area contributed by atoms with Crippen LogP contribution in [0.4, 0.5) is 10.5 Å². The van der Waals surface area contributed by atoms with Crippen LogP contribution in [-0.4, -0.2) is 50.8 Å². The summed E-state index contributed by atoms with van der Waals surface area (Å²) in [5, 5.41) is 28.4. The number of non-ortho nitro benzene ring substituents is 1. The summed E-state index contributed by atoms with van der Waals surface area (Å²) in [5.41, 5.74) is -0.0932. The van der Waals surface area contributed by atoms with Crippen molar-refractivity contribution in [2.75, 3.05) is 6.54 Å². The molecule has 9 heteroatoms. The minimum atomic E-state index is -1.32. The number of hydrogen-bond donors (Lipinski definition) is 2. The van der Waals surface area contributed by atoms with Crippen LogP contribution in [0.15, 0.2) is 24.3 Å². The molecule has 0 unspecified atom stereocenters. The fraction of sp³-hybridized carbons (Fsp3) is 0.333. The average molecular weight is 296 g/mol. The molecule has 112 valence electrons. The SMILES string of the molecule is O=C(O)[C@H]1C[C@H](Oc2ccc([N+](=O)[O-])cc2)CN1C(=O)O. The molecule has 0 bridgehead atoms. The number of nitro benzene ring substituents is 1. The second kappa shape index (κ2) is 5.65. The molecule has 1 aliphatic rings. The summed E-state index contributed by atoms with van der Waals surface area (Å²) in [7, 11) is 0. The Balaban J connectivity index is 2.05. The van der Waals surface area contributed by atoms with E-state index in [4.69, 9.17) is 14.9 Å². The first-order chi connectivity index (χ1) is 9.88. The molecule has 0 aromatic heterocycles. The molecule has 0 aliphatic carbocycles. The van der Waals surface area contributed by atoms with Crippen LogP contribution in [-0.2, 0) is 4.79 Å². The van der Waals surface area contributed by atoms with E-state index in [1.54, 1.807) is 0 Å². The van der Waals surface area contributed by atoms with Crippen molar-refractivity contribution in [1.82, 2.24) is 4.90 Å². The van der Waals surface area contributed by atoms with E-state index >= 15 is 0 Å². The summed E-state index contributed by atoms with van der Waals surface area (Å²) in [6.45, 7) is -0.0662. The molecule has 1 aromatic carbocycles. The van der Waals surface area contributed by atoms with E-state index in [1.807, 2.05) is 0 Å². The minimum Gasteiger partial charge on any atom is -0.488 e. The first-order valence-corrected chi connectivity index (χ1v) is 6.02. The minimum absolute atomic E-state index is 0.0264. The van der Waals surface area contributed by atoms with Gasteiger partial charge in [0.15, 0.2) is 0 Å². The topological polar surface area (TPSA) is 130 Å². The maximum atomic E-state index is 11.0. The number of hydrogen-bond acceptors (Lipinski definition) is 5. The number of carbonyl (C=O) groups is 2. The standard InChI is InChI=1S/C12H12N2O7/c15-11(16)10-5-9(6-13(10)12(17)18)21-8-3-1-7(2-4-8)14(19)20/h1-4,9-10H,5-6H2,(H,15,16)(H,17,18)/t9-,10+/m0/s1. The van der Waals surface area contributed by atoms with Gasteiger partial charge in [0, 0.05) is 18.6 Å². The molecule has 2 atom stereocenters. The van der Waals surface area contributed by atoms with Crippen LogP contribution >= 0.6 is 0 Å². The van der Waals surface area contributed by atoms with Crippen LogP contribution in [0.25, 0.3) is 0 Å². The molecular formula is C12H12N2O7. The van der Waals surface area contributed by atoms with Crippen molar-refractivity contribution in [3.05, 3.63) is 34.4 Å². The van der Waals surface area contributed by atoms with Crippen LogP contribution in [0.2, 0.25) is 0 Å². The normalized spacial score (nSPS) is 21.0. The van der Waals surface area contributed by atoms with Gasteiger partial charge in [-0.25, -0.2) is 9.59 Å². The van der Waals surface area contributed by atoms with Crippen molar-refractivity contribution >= 4 is 17.7 Å². The summed E-state index contributed by atoms with van der Waals surface area (Å²) in [4.78, 5) is 32.7. The van der Waals surface area contributed by atoms with Gasteiger partial charge in [-0.15, -0.1) is 0 Å². The van der Waals surface area contributed by atoms with Crippen molar-refractivity contribution in [3.63, 3.8) is 0 Å². The molecule has 1 heterocycles. The van der Waals surface area contributed by atoms with Crippen LogP contribution in [0.5, 0.6) is 5.75 Å². The highest BCUT2D eigenvalue weighted by atomic mass is 16.6. The first-order valence-electron chi connectivity index (χ1n) is 6.02. The Morgan fingerprint density at radius 3 is 2.33 bits per heavy atom. The Hall–Kier alpha value is -2.84. The summed E-state index contributed by atoms with van der Waals surface area (Å²) in [5.74, 6) is -0.908. The molecule has 1 amide bonds. The van der Waals surface area contributed by atoms with E-state index in [-0.39, 0.29) is 18.7 Å². The quantitative estimate of drug-likeness (QED) is 0.630. The highest BCUT2D eigenvalue weighted by Gasteiger charge is 2.40. The summed E-state index contributed by atoms with van der Waals surface area (Å²) < 4.78 is 5.48. The first kappa shape index (κ1) is 14.6. The predicted octanol–water partition coefficient (Wildman–Crippen LogP) is 1.18. The van der Waals surface area contributed by atoms with Crippen molar-refractivity contribution in [2.45, 2.75) is 18.6 Å². The molecule has 9 nitrogen and oxygen atoms in total. The Kier molecular flexibility index (Phi) is 3.92. The number of nitrogens with zero attached hydrogens (tertiary/aromatic N) is 2. The lowest BCUT2D eigenvalue weighted by molar-refractivity contribution is -0.384. The number of benzene rings is 1. The van der Waals surface area contributed by atoms with Gasteiger partial charge < -0.3 is 14.9 Å². The molecule has 2 rings (SSSR count). The zero-order chi connectivity index (χ0) is 15.6. The molecule has 21 heavy (non-hydrogen) atoms. The van der Waals surface area contributed by atoms with Crippen LogP contribution in [0, 0.1) is 10.1 Å². The van der Waals surface area contributed by atoms with Gasteiger partial charge in [0.05, 0.1) is 11.5 Å². The largest absolute Gasteiger partial charge is 0.488 e. The third kappa shape index (κ3) is 3.19. The molecule has 2 N–H and O–H groups in total. The molecular weight excluding hydrogens is 284 g/mol. The lowest BCUT2D eigenvalue weighted by Crippen LogP contribution is -2.39. The smallest absolute Gasteiger partial charge is 0.408 e. The Labute approximate surface area is 118 Å². The number of amides is 1. The van der Waals surface area contributed by atoms with Gasteiger partial charge in [0.2, 0.25) is 0 Å². The summed E-state index contributed by atoms with van der Waals surface area (Å²) in [6, 6.07) is 4.14. The number of ether oxygens (including phenoxy) is 1. The van der Waals surface area contributed by atoms with E-state index in [0.717, 1.165) is 4.90 Å².